The molecule has 1 aromatic heterocycles. The molecular formula is C19H22ClN3O2. The zero-order chi connectivity index (χ0) is 17.8. The summed E-state index contributed by atoms with van der Waals surface area (Å²) in [5, 5.41) is 15.4. The topological polar surface area (TPSA) is 59.3 Å². The number of aryl methyl sites for hydroxylation is 1. The Labute approximate surface area is 152 Å². The van der Waals surface area contributed by atoms with Gasteiger partial charge in [-0.2, -0.15) is 4.73 Å². The lowest BCUT2D eigenvalue weighted by Gasteiger charge is -2.31. The fourth-order valence-electron chi connectivity index (χ4n) is 3.16. The molecule has 3 rings (SSSR count). The van der Waals surface area contributed by atoms with Crippen molar-refractivity contribution in [2.75, 3.05) is 19.8 Å². The van der Waals surface area contributed by atoms with Crippen molar-refractivity contribution in [1.29, 1.82) is 0 Å². The van der Waals surface area contributed by atoms with Crippen molar-refractivity contribution in [2.45, 2.75) is 25.7 Å². The summed E-state index contributed by atoms with van der Waals surface area (Å²) in [4.78, 5) is 14.4. The fraction of sp³-hybridized carbons (Fsp3) is 0.368. The number of nitrogens with one attached hydrogen (secondary N) is 1. The van der Waals surface area contributed by atoms with E-state index in [4.69, 9.17) is 11.6 Å². The minimum Gasteiger partial charge on any atom is -0.618 e. The van der Waals surface area contributed by atoms with Crippen LogP contribution in [0.25, 0.3) is 0 Å². The van der Waals surface area contributed by atoms with Crippen molar-refractivity contribution in [3.05, 3.63) is 69.6 Å². The number of hydrogen-bond donors (Lipinski definition) is 1. The first-order chi connectivity index (χ1) is 12.0. The Morgan fingerprint density at radius 1 is 1.32 bits per heavy atom. The number of likely N-dealkylation sites (tertiary alicyclic amines) is 1. The number of benzene rings is 1. The molecule has 1 aromatic carbocycles. The summed E-state index contributed by atoms with van der Waals surface area (Å²) in [6.45, 7) is 4.12. The first kappa shape index (κ1) is 17.7. The Kier molecular flexibility index (Phi) is 5.56. The van der Waals surface area contributed by atoms with Gasteiger partial charge in [-0.05, 0) is 37.5 Å². The van der Waals surface area contributed by atoms with Crippen molar-refractivity contribution < 1.29 is 9.52 Å². The molecule has 2 heterocycles. The number of halogens is 1. The van der Waals surface area contributed by atoms with E-state index < -0.39 is 0 Å². The lowest BCUT2D eigenvalue weighted by molar-refractivity contribution is -0.616. The number of pyridine rings is 1. The Hall–Kier alpha value is -2.11. The maximum Gasteiger partial charge on any atom is 0.252 e. The van der Waals surface area contributed by atoms with Crippen molar-refractivity contribution in [3.63, 3.8) is 0 Å². The second-order valence-corrected chi connectivity index (χ2v) is 6.88. The van der Waals surface area contributed by atoms with Crippen LogP contribution in [0.15, 0.2) is 42.6 Å². The summed E-state index contributed by atoms with van der Waals surface area (Å²) in [5.74, 6) is 0.158. The molecule has 2 aromatic rings. The van der Waals surface area contributed by atoms with E-state index in [2.05, 4.69) is 10.2 Å². The van der Waals surface area contributed by atoms with E-state index in [-0.39, 0.29) is 11.8 Å². The van der Waals surface area contributed by atoms with Gasteiger partial charge >= 0.3 is 0 Å². The fourth-order valence-corrected chi connectivity index (χ4v) is 3.34. The van der Waals surface area contributed by atoms with Crippen LogP contribution in [0.1, 0.15) is 40.4 Å². The van der Waals surface area contributed by atoms with Gasteiger partial charge in [0.1, 0.15) is 0 Å². The van der Waals surface area contributed by atoms with E-state index in [9.17, 15) is 10.0 Å². The molecule has 132 valence electrons. The maximum absolute atomic E-state index is 12.2. The van der Waals surface area contributed by atoms with Gasteiger partial charge in [-0.25, -0.2) is 0 Å². The molecule has 1 aliphatic rings. The number of amides is 1. The zero-order valence-corrected chi connectivity index (χ0v) is 15.0. The lowest BCUT2D eigenvalue weighted by Crippen LogP contribution is -2.43. The van der Waals surface area contributed by atoms with Gasteiger partial charge in [0, 0.05) is 41.7 Å². The van der Waals surface area contributed by atoms with Crippen LogP contribution in [-0.2, 0) is 0 Å². The minimum absolute atomic E-state index is 0.121. The largest absolute Gasteiger partial charge is 0.618 e. The Bertz CT molecular complexity index is 758. The molecule has 5 nitrogen and oxygen atoms in total. The number of rotatable bonds is 4. The van der Waals surface area contributed by atoms with Gasteiger partial charge in [-0.15, -0.1) is 0 Å². The Morgan fingerprint density at radius 3 is 2.76 bits per heavy atom. The molecule has 0 unspecified atom stereocenters. The molecule has 1 N–H and O–H groups in total. The molecule has 1 aliphatic heterocycles. The second kappa shape index (κ2) is 7.85. The van der Waals surface area contributed by atoms with Crippen LogP contribution >= 0.6 is 11.6 Å². The summed E-state index contributed by atoms with van der Waals surface area (Å²) in [5.41, 5.74) is 2.36. The molecule has 1 fully saturated rings. The molecule has 0 atom stereocenters. The molecule has 1 saturated heterocycles. The Morgan fingerprint density at radius 2 is 2.08 bits per heavy atom. The predicted octanol–water partition coefficient (Wildman–Crippen LogP) is 2.85. The van der Waals surface area contributed by atoms with Crippen LogP contribution in [0.2, 0.25) is 5.02 Å². The van der Waals surface area contributed by atoms with Crippen molar-refractivity contribution in [1.82, 2.24) is 10.2 Å². The van der Waals surface area contributed by atoms with Crippen LogP contribution < -0.4 is 10.0 Å². The molecule has 1 amide bonds. The van der Waals surface area contributed by atoms with E-state index in [0.717, 1.165) is 41.9 Å². The van der Waals surface area contributed by atoms with Crippen LogP contribution in [-0.4, -0.2) is 30.6 Å². The highest BCUT2D eigenvalue weighted by atomic mass is 35.5. The van der Waals surface area contributed by atoms with E-state index in [1.807, 2.05) is 25.1 Å². The van der Waals surface area contributed by atoms with Crippen molar-refractivity contribution >= 4 is 17.5 Å². The van der Waals surface area contributed by atoms with Crippen LogP contribution in [0, 0.1) is 12.1 Å². The first-order valence-electron chi connectivity index (χ1n) is 8.49. The highest BCUT2D eigenvalue weighted by Crippen LogP contribution is 2.25. The molecule has 0 saturated carbocycles. The number of carbonyl (C=O) groups excluding carboxylic acids is 1. The molecule has 6 heteroatoms. The van der Waals surface area contributed by atoms with Gasteiger partial charge in [-0.1, -0.05) is 23.7 Å². The van der Waals surface area contributed by atoms with E-state index in [1.54, 1.807) is 24.4 Å². The van der Waals surface area contributed by atoms with Crippen LogP contribution in [0.3, 0.4) is 0 Å². The third-order valence-corrected chi connectivity index (χ3v) is 5.16. The third-order valence-electron chi connectivity index (χ3n) is 4.76. The average molecular weight is 360 g/mol. The summed E-state index contributed by atoms with van der Waals surface area (Å²) < 4.78 is 0.962. The molecule has 0 bridgehead atoms. The number of piperidine rings is 1. The van der Waals surface area contributed by atoms with Crippen LogP contribution in [0.4, 0.5) is 0 Å². The SMILES string of the molecule is Cc1ccc(C(=O)NCN2CCC(c3cccc[n+]3[O-])CC2)cc1Cl. The summed E-state index contributed by atoms with van der Waals surface area (Å²) in [6.07, 6.45) is 3.38. The maximum atomic E-state index is 12.2. The molecule has 25 heavy (non-hydrogen) atoms. The van der Waals surface area contributed by atoms with E-state index in [0.29, 0.717) is 17.3 Å². The second-order valence-electron chi connectivity index (χ2n) is 6.47. The minimum atomic E-state index is -0.121. The lowest BCUT2D eigenvalue weighted by atomic mass is 9.93. The predicted molar refractivity (Wildman–Crippen MR) is 97.5 cm³/mol. The van der Waals surface area contributed by atoms with Gasteiger partial charge in [0.15, 0.2) is 11.9 Å². The number of hydrogen-bond acceptors (Lipinski definition) is 3. The number of nitrogens with zero attached hydrogens (tertiary/aromatic N) is 2. The average Bonchev–Trinajstić information content (AvgIpc) is 2.63. The monoisotopic (exact) mass is 359 g/mol. The highest BCUT2D eigenvalue weighted by molar-refractivity contribution is 6.31. The molecular weight excluding hydrogens is 338 g/mol. The zero-order valence-electron chi connectivity index (χ0n) is 14.2. The summed E-state index contributed by atoms with van der Waals surface area (Å²) >= 11 is 6.08. The number of aromatic nitrogens is 1. The van der Waals surface area contributed by atoms with E-state index in [1.165, 1.54) is 0 Å². The van der Waals surface area contributed by atoms with Gasteiger partial charge in [0.2, 0.25) is 0 Å². The van der Waals surface area contributed by atoms with Gasteiger partial charge in [-0.3, -0.25) is 9.69 Å². The Balaban J connectivity index is 1.50. The van der Waals surface area contributed by atoms with Crippen molar-refractivity contribution in [2.24, 2.45) is 0 Å². The smallest absolute Gasteiger partial charge is 0.252 e. The summed E-state index contributed by atoms with van der Waals surface area (Å²) in [6, 6.07) is 10.9. The quantitative estimate of drug-likeness (QED) is 0.674. The van der Waals surface area contributed by atoms with Gasteiger partial charge in [0.25, 0.3) is 5.91 Å². The molecule has 0 radical (unpaired) electrons. The van der Waals surface area contributed by atoms with Gasteiger partial charge in [0.05, 0.1) is 6.67 Å². The van der Waals surface area contributed by atoms with Crippen LogP contribution in [0.5, 0.6) is 0 Å². The first-order valence-corrected chi connectivity index (χ1v) is 8.87. The molecule has 0 spiro atoms. The van der Waals surface area contributed by atoms with E-state index >= 15 is 0 Å². The third kappa shape index (κ3) is 4.30. The normalized spacial score (nSPS) is 15.9. The number of carbonyl (C=O) groups is 1. The van der Waals surface area contributed by atoms with Crippen molar-refractivity contribution in [3.8, 4) is 0 Å². The molecule has 0 aliphatic carbocycles. The standard InChI is InChI=1S/C19H22ClN3O2/c1-14-5-6-16(12-17(14)20)19(24)21-13-22-10-7-15(8-11-22)18-4-2-3-9-23(18)25/h2-6,9,12,15H,7-8,10-11,13H2,1H3,(H,21,24). The van der Waals surface area contributed by atoms with Gasteiger partial charge < -0.3 is 10.5 Å². The summed E-state index contributed by atoms with van der Waals surface area (Å²) in [7, 11) is 0. The highest BCUT2D eigenvalue weighted by Gasteiger charge is 2.25.